The fraction of sp³-hybridized carbons (Fsp3) is 0.579. The van der Waals surface area contributed by atoms with Crippen LogP contribution in [0.15, 0.2) is 24.3 Å². The fourth-order valence-electron chi connectivity index (χ4n) is 2.41. The van der Waals surface area contributed by atoms with Crippen molar-refractivity contribution in [2.45, 2.75) is 66.0 Å². The predicted molar refractivity (Wildman–Crippen MR) is 94.1 cm³/mol. The first-order valence-corrected chi connectivity index (χ1v) is 8.20. The molecule has 0 saturated heterocycles. The van der Waals surface area contributed by atoms with Crippen molar-refractivity contribution in [2.24, 2.45) is 5.92 Å². The van der Waals surface area contributed by atoms with Gasteiger partial charge in [0.15, 0.2) is 0 Å². The van der Waals surface area contributed by atoms with E-state index in [9.17, 15) is 9.59 Å². The highest BCUT2D eigenvalue weighted by molar-refractivity contribution is 5.87. The van der Waals surface area contributed by atoms with Gasteiger partial charge in [0.2, 0.25) is 11.8 Å². The smallest absolute Gasteiger partial charge is 0.243 e. The standard InChI is InChI=1S/C19H30N2O2/c1-12(2)17(21-14(4)22)18(23)20-13(3)15-8-10-16(11-9-15)19(5,6)7/h8-13,17H,1-7H3,(H,20,23)(H,21,22). The van der Waals surface area contributed by atoms with Crippen LogP contribution in [0.4, 0.5) is 0 Å². The molecule has 4 nitrogen and oxygen atoms in total. The number of rotatable bonds is 5. The predicted octanol–water partition coefficient (Wildman–Crippen LogP) is 3.32. The van der Waals surface area contributed by atoms with E-state index in [1.54, 1.807) is 0 Å². The molecule has 0 bridgehead atoms. The molecule has 0 radical (unpaired) electrons. The summed E-state index contributed by atoms with van der Waals surface area (Å²) < 4.78 is 0. The van der Waals surface area contributed by atoms with Gasteiger partial charge in [0.25, 0.3) is 0 Å². The summed E-state index contributed by atoms with van der Waals surface area (Å²) in [4.78, 5) is 23.7. The lowest BCUT2D eigenvalue weighted by Gasteiger charge is -2.24. The largest absolute Gasteiger partial charge is 0.348 e. The first kappa shape index (κ1) is 19.2. The number of nitrogens with one attached hydrogen (secondary N) is 2. The molecule has 0 aliphatic rings. The van der Waals surface area contributed by atoms with Gasteiger partial charge >= 0.3 is 0 Å². The van der Waals surface area contributed by atoms with Gasteiger partial charge < -0.3 is 10.6 Å². The Morgan fingerprint density at radius 3 is 1.87 bits per heavy atom. The number of carbonyl (C=O) groups is 2. The van der Waals surface area contributed by atoms with Crippen LogP contribution in [0.2, 0.25) is 0 Å². The van der Waals surface area contributed by atoms with Crippen LogP contribution in [0.3, 0.4) is 0 Å². The van der Waals surface area contributed by atoms with Gasteiger partial charge in [0.05, 0.1) is 6.04 Å². The van der Waals surface area contributed by atoms with Crippen LogP contribution >= 0.6 is 0 Å². The van der Waals surface area contributed by atoms with Crippen LogP contribution in [0, 0.1) is 5.92 Å². The molecule has 2 unspecified atom stereocenters. The van der Waals surface area contributed by atoms with Crippen LogP contribution in [0.25, 0.3) is 0 Å². The molecule has 0 saturated carbocycles. The summed E-state index contributed by atoms with van der Waals surface area (Å²) in [6.07, 6.45) is 0. The highest BCUT2D eigenvalue weighted by atomic mass is 16.2. The summed E-state index contributed by atoms with van der Waals surface area (Å²) in [5.74, 6) is -0.307. The molecule has 4 heteroatoms. The topological polar surface area (TPSA) is 58.2 Å². The molecule has 0 aromatic heterocycles. The third-order valence-electron chi connectivity index (χ3n) is 3.94. The SMILES string of the molecule is CC(=O)NC(C(=O)NC(C)c1ccc(C(C)(C)C)cc1)C(C)C. The number of carbonyl (C=O) groups excluding carboxylic acids is 2. The summed E-state index contributed by atoms with van der Waals surface area (Å²) in [6.45, 7) is 13.7. The van der Waals surface area contributed by atoms with Crippen LogP contribution in [0.1, 0.15) is 65.6 Å². The van der Waals surface area contributed by atoms with Gasteiger partial charge in [-0.05, 0) is 29.4 Å². The minimum atomic E-state index is -0.510. The molecule has 0 spiro atoms. The zero-order valence-corrected chi connectivity index (χ0v) is 15.4. The number of benzene rings is 1. The van der Waals surface area contributed by atoms with Crippen molar-refractivity contribution in [3.05, 3.63) is 35.4 Å². The Morgan fingerprint density at radius 2 is 1.48 bits per heavy atom. The maximum Gasteiger partial charge on any atom is 0.243 e. The quantitative estimate of drug-likeness (QED) is 0.875. The Labute approximate surface area is 140 Å². The third kappa shape index (κ3) is 5.70. The molecule has 0 aliphatic carbocycles. The van der Waals surface area contributed by atoms with Gasteiger partial charge in [-0.1, -0.05) is 58.9 Å². The lowest BCUT2D eigenvalue weighted by Crippen LogP contribution is -2.49. The molecule has 0 heterocycles. The average Bonchev–Trinajstić information content (AvgIpc) is 2.43. The first-order chi connectivity index (χ1) is 10.5. The third-order valence-corrected chi connectivity index (χ3v) is 3.94. The molecule has 0 fully saturated rings. The van der Waals surface area contributed by atoms with E-state index in [2.05, 4.69) is 43.5 Å². The van der Waals surface area contributed by atoms with Crippen LogP contribution in [-0.4, -0.2) is 17.9 Å². The van der Waals surface area contributed by atoms with E-state index in [-0.39, 0.29) is 29.2 Å². The average molecular weight is 318 g/mol. The van der Waals surface area contributed by atoms with Crippen LogP contribution in [-0.2, 0) is 15.0 Å². The highest BCUT2D eigenvalue weighted by Crippen LogP contribution is 2.24. The van der Waals surface area contributed by atoms with Gasteiger partial charge in [0.1, 0.15) is 6.04 Å². The molecule has 0 aliphatic heterocycles. The fourth-order valence-corrected chi connectivity index (χ4v) is 2.41. The lowest BCUT2D eigenvalue weighted by atomic mass is 9.86. The summed E-state index contributed by atoms with van der Waals surface area (Å²) >= 11 is 0. The molecule has 23 heavy (non-hydrogen) atoms. The summed E-state index contributed by atoms with van der Waals surface area (Å²) in [5.41, 5.74) is 2.42. The molecule has 128 valence electrons. The van der Waals surface area contributed by atoms with E-state index in [0.29, 0.717) is 0 Å². The van der Waals surface area contributed by atoms with E-state index in [0.717, 1.165) is 5.56 Å². The second kappa shape index (κ2) is 7.62. The van der Waals surface area contributed by atoms with Crippen molar-refractivity contribution in [1.29, 1.82) is 0 Å². The van der Waals surface area contributed by atoms with Crippen molar-refractivity contribution in [1.82, 2.24) is 10.6 Å². The van der Waals surface area contributed by atoms with Crippen LogP contribution < -0.4 is 10.6 Å². The number of hydrogen-bond donors (Lipinski definition) is 2. The number of amides is 2. The molecule has 2 N–H and O–H groups in total. The first-order valence-electron chi connectivity index (χ1n) is 8.20. The minimum Gasteiger partial charge on any atom is -0.348 e. The normalized spacial score (nSPS) is 14.3. The second-order valence-electron chi connectivity index (χ2n) is 7.52. The van der Waals surface area contributed by atoms with E-state index in [4.69, 9.17) is 0 Å². The van der Waals surface area contributed by atoms with E-state index in [1.165, 1.54) is 12.5 Å². The number of hydrogen-bond acceptors (Lipinski definition) is 2. The summed E-state index contributed by atoms with van der Waals surface area (Å²) in [6, 6.07) is 7.69. The molecule has 2 amide bonds. The van der Waals surface area contributed by atoms with Crippen molar-refractivity contribution >= 4 is 11.8 Å². The maximum atomic E-state index is 12.4. The lowest BCUT2D eigenvalue weighted by molar-refractivity contribution is -0.129. The molecular formula is C19H30N2O2. The van der Waals surface area contributed by atoms with E-state index >= 15 is 0 Å². The zero-order chi connectivity index (χ0) is 17.8. The summed E-state index contributed by atoms with van der Waals surface area (Å²) in [7, 11) is 0. The Bertz CT molecular complexity index is 541. The van der Waals surface area contributed by atoms with Crippen molar-refractivity contribution < 1.29 is 9.59 Å². The van der Waals surface area contributed by atoms with Gasteiger partial charge in [0, 0.05) is 6.92 Å². The van der Waals surface area contributed by atoms with Crippen molar-refractivity contribution in [2.75, 3.05) is 0 Å². The van der Waals surface area contributed by atoms with Crippen molar-refractivity contribution in [3.8, 4) is 0 Å². The monoisotopic (exact) mass is 318 g/mol. The van der Waals surface area contributed by atoms with Gasteiger partial charge in [-0.25, -0.2) is 0 Å². The Hall–Kier alpha value is -1.84. The van der Waals surface area contributed by atoms with Gasteiger partial charge in [-0.2, -0.15) is 0 Å². The molecule has 1 rings (SSSR count). The maximum absolute atomic E-state index is 12.4. The Kier molecular flexibility index (Phi) is 6.37. The van der Waals surface area contributed by atoms with Crippen molar-refractivity contribution in [3.63, 3.8) is 0 Å². The molecular weight excluding hydrogens is 288 g/mol. The van der Waals surface area contributed by atoms with Gasteiger partial charge in [-0.15, -0.1) is 0 Å². The minimum absolute atomic E-state index is 0.0365. The van der Waals surface area contributed by atoms with E-state index in [1.807, 2.05) is 32.9 Å². The molecule has 1 aromatic rings. The molecule has 1 aromatic carbocycles. The molecule has 2 atom stereocenters. The summed E-state index contributed by atoms with van der Waals surface area (Å²) in [5, 5.41) is 5.70. The van der Waals surface area contributed by atoms with Gasteiger partial charge in [-0.3, -0.25) is 9.59 Å². The Morgan fingerprint density at radius 1 is 0.957 bits per heavy atom. The highest BCUT2D eigenvalue weighted by Gasteiger charge is 2.24. The zero-order valence-electron chi connectivity index (χ0n) is 15.4. The second-order valence-corrected chi connectivity index (χ2v) is 7.52. The Balaban J connectivity index is 2.79. The van der Waals surface area contributed by atoms with Crippen LogP contribution in [0.5, 0.6) is 0 Å². The van der Waals surface area contributed by atoms with E-state index < -0.39 is 6.04 Å².